The second kappa shape index (κ2) is 9.70. The SMILES string of the molecule is COc1ccc(-n2c(SCC(=O)NCc3cccs3)nc3sc4c(c3c2=O)CCCC4)cc1. The number of thioether (sulfide) groups is 1. The van der Waals surface area contributed by atoms with Crippen LogP contribution in [0.4, 0.5) is 0 Å². The van der Waals surface area contributed by atoms with Crippen LogP contribution in [0.3, 0.4) is 0 Å². The number of amides is 1. The van der Waals surface area contributed by atoms with E-state index >= 15 is 0 Å². The quantitative estimate of drug-likeness (QED) is 0.293. The summed E-state index contributed by atoms with van der Waals surface area (Å²) >= 11 is 4.52. The molecule has 0 radical (unpaired) electrons. The average Bonchev–Trinajstić information content (AvgIpc) is 3.49. The van der Waals surface area contributed by atoms with Crippen LogP contribution in [0.1, 0.15) is 28.2 Å². The molecule has 0 spiro atoms. The molecule has 0 unspecified atom stereocenters. The number of carbonyl (C=O) groups is 1. The number of methoxy groups -OCH3 is 1. The maximum atomic E-state index is 13.7. The van der Waals surface area contributed by atoms with Crippen LogP contribution in [0.2, 0.25) is 0 Å². The van der Waals surface area contributed by atoms with Crippen molar-refractivity contribution in [3.63, 3.8) is 0 Å². The van der Waals surface area contributed by atoms with Gasteiger partial charge in [-0.05, 0) is 67.0 Å². The van der Waals surface area contributed by atoms with E-state index in [0.29, 0.717) is 17.4 Å². The minimum atomic E-state index is -0.0884. The highest BCUT2D eigenvalue weighted by atomic mass is 32.2. The molecule has 170 valence electrons. The van der Waals surface area contributed by atoms with Gasteiger partial charge in [0.25, 0.3) is 5.56 Å². The van der Waals surface area contributed by atoms with Gasteiger partial charge in [0.2, 0.25) is 5.91 Å². The first kappa shape index (κ1) is 22.2. The van der Waals surface area contributed by atoms with Crippen LogP contribution >= 0.6 is 34.4 Å². The lowest BCUT2D eigenvalue weighted by Gasteiger charge is -2.14. The summed E-state index contributed by atoms with van der Waals surface area (Å²) in [5.74, 6) is 0.815. The molecular formula is C24H23N3O3S3. The van der Waals surface area contributed by atoms with Crippen LogP contribution < -0.4 is 15.6 Å². The molecular weight excluding hydrogens is 474 g/mol. The minimum Gasteiger partial charge on any atom is -0.497 e. The van der Waals surface area contributed by atoms with E-state index in [0.717, 1.165) is 52.1 Å². The molecule has 0 bridgehead atoms. The number of carbonyl (C=O) groups excluding carboxylic acids is 1. The van der Waals surface area contributed by atoms with Gasteiger partial charge in [0, 0.05) is 9.75 Å². The normalized spacial score (nSPS) is 13.1. The van der Waals surface area contributed by atoms with Crippen molar-refractivity contribution in [2.45, 2.75) is 37.4 Å². The van der Waals surface area contributed by atoms with Gasteiger partial charge >= 0.3 is 0 Å². The molecule has 3 aromatic heterocycles. The Balaban J connectivity index is 1.50. The Hall–Kier alpha value is -2.62. The van der Waals surface area contributed by atoms with Gasteiger partial charge in [0.1, 0.15) is 10.6 Å². The van der Waals surface area contributed by atoms with Crippen LogP contribution in [0.15, 0.2) is 51.7 Å². The van der Waals surface area contributed by atoms with Crippen LogP contribution in [0.5, 0.6) is 5.75 Å². The zero-order valence-corrected chi connectivity index (χ0v) is 20.6. The van der Waals surface area contributed by atoms with E-state index in [1.54, 1.807) is 34.4 Å². The van der Waals surface area contributed by atoms with Gasteiger partial charge in [-0.25, -0.2) is 4.98 Å². The molecule has 9 heteroatoms. The Kier molecular flexibility index (Phi) is 6.52. The molecule has 1 aliphatic rings. The Bertz CT molecular complexity index is 1340. The third-order valence-electron chi connectivity index (χ3n) is 5.66. The number of hydrogen-bond donors (Lipinski definition) is 1. The monoisotopic (exact) mass is 497 g/mol. The van der Waals surface area contributed by atoms with Crippen molar-refractivity contribution in [2.75, 3.05) is 12.9 Å². The summed E-state index contributed by atoms with van der Waals surface area (Å²) in [6.45, 7) is 0.506. The van der Waals surface area contributed by atoms with Crippen molar-refractivity contribution < 1.29 is 9.53 Å². The summed E-state index contributed by atoms with van der Waals surface area (Å²) in [4.78, 5) is 34.3. The van der Waals surface area contributed by atoms with Crippen molar-refractivity contribution in [1.29, 1.82) is 0 Å². The number of nitrogens with one attached hydrogen (secondary N) is 1. The Morgan fingerprint density at radius 2 is 2.03 bits per heavy atom. The van der Waals surface area contributed by atoms with Gasteiger partial charge in [-0.15, -0.1) is 22.7 Å². The lowest BCUT2D eigenvalue weighted by molar-refractivity contribution is -0.118. The first-order chi connectivity index (χ1) is 16.1. The molecule has 0 saturated heterocycles. The Labute approximate surface area is 203 Å². The molecule has 4 aromatic rings. The highest BCUT2D eigenvalue weighted by Gasteiger charge is 2.23. The van der Waals surface area contributed by atoms with E-state index in [1.165, 1.54) is 16.6 Å². The van der Waals surface area contributed by atoms with Crippen molar-refractivity contribution in [3.05, 3.63) is 67.4 Å². The van der Waals surface area contributed by atoms with E-state index in [9.17, 15) is 9.59 Å². The first-order valence-electron chi connectivity index (χ1n) is 10.8. The number of benzene rings is 1. The van der Waals surface area contributed by atoms with E-state index in [-0.39, 0.29) is 17.2 Å². The van der Waals surface area contributed by atoms with E-state index < -0.39 is 0 Å². The third-order valence-corrected chi connectivity index (χ3v) is 8.66. The predicted molar refractivity (Wildman–Crippen MR) is 135 cm³/mol. The average molecular weight is 498 g/mol. The number of fused-ring (bicyclic) bond motifs is 3. The lowest BCUT2D eigenvalue weighted by atomic mass is 9.97. The molecule has 0 fully saturated rings. The summed E-state index contributed by atoms with van der Waals surface area (Å²) < 4.78 is 6.92. The molecule has 33 heavy (non-hydrogen) atoms. The molecule has 3 heterocycles. The number of nitrogens with zero attached hydrogens (tertiary/aromatic N) is 2. The largest absolute Gasteiger partial charge is 0.497 e. The second-order valence-electron chi connectivity index (χ2n) is 7.77. The Morgan fingerprint density at radius 1 is 1.21 bits per heavy atom. The molecule has 1 N–H and O–H groups in total. The molecule has 5 rings (SSSR count). The zero-order valence-electron chi connectivity index (χ0n) is 18.1. The lowest BCUT2D eigenvalue weighted by Crippen LogP contribution is -2.26. The minimum absolute atomic E-state index is 0.0638. The fourth-order valence-corrected chi connectivity index (χ4v) is 6.81. The van der Waals surface area contributed by atoms with Crippen LogP contribution in [0, 0.1) is 0 Å². The summed E-state index contributed by atoms with van der Waals surface area (Å²) in [6, 6.07) is 11.3. The molecule has 1 amide bonds. The predicted octanol–water partition coefficient (Wildman–Crippen LogP) is 4.80. The van der Waals surface area contributed by atoms with Gasteiger partial charge in [-0.1, -0.05) is 17.8 Å². The van der Waals surface area contributed by atoms with Crippen LogP contribution in [-0.4, -0.2) is 28.3 Å². The fourth-order valence-electron chi connectivity index (χ4n) is 4.02. The molecule has 6 nitrogen and oxygen atoms in total. The molecule has 0 atom stereocenters. The summed E-state index contributed by atoms with van der Waals surface area (Å²) in [5.41, 5.74) is 1.81. The van der Waals surface area contributed by atoms with Crippen molar-refractivity contribution >= 4 is 50.6 Å². The topological polar surface area (TPSA) is 73.2 Å². The number of aryl methyl sites for hydroxylation is 2. The highest BCUT2D eigenvalue weighted by molar-refractivity contribution is 7.99. The maximum absolute atomic E-state index is 13.7. The molecule has 1 aromatic carbocycles. The summed E-state index contributed by atoms with van der Waals surface area (Å²) in [6.07, 6.45) is 4.18. The fraction of sp³-hybridized carbons (Fsp3) is 0.292. The Morgan fingerprint density at radius 3 is 2.79 bits per heavy atom. The number of rotatable bonds is 7. The number of aromatic nitrogens is 2. The van der Waals surface area contributed by atoms with E-state index in [2.05, 4.69) is 5.32 Å². The number of thiophene rings is 2. The maximum Gasteiger partial charge on any atom is 0.267 e. The van der Waals surface area contributed by atoms with Crippen LogP contribution in [0.25, 0.3) is 15.9 Å². The standard InChI is InChI=1S/C24H23N3O3S3/c1-30-16-10-8-15(9-11-16)27-23(29)21-18-6-2-3-7-19(18)33-22(21)26-24(27)32-14-20(28)25-13-17-5-4-12-31-17/h4-5,8-12H,2-3,6-7,13-14H2,1H3,(H,25,28). The van der Waals surface area contributed by atoms with Crippen LogP contribution in [-0.2, 0) is 24.2 Å². The number of hydrogen-bond acceptors (Lipinski definition) is 7. The first-order valence-corrected chi connectivity index (χ1v) is 13.5. The van der Waals surface area contributed by atoms with E-state index in [1.807, 2.05) is 41.8 Å². The molecule has 0 saturated carbocycles. The highest BCUT2D eigenvalue weighted by Crippen LogP contribution is 2.35. The third kappa shape index (κ3) is 4.58. The van der Waals surface area contributed by atoms with Gasteiger partial charge in [-0.3, -0.25) is 14.2 Å². The molecule has 0 aliphatic heterocycles. The molecule has 1 aliphatic carbocycles. The van der Waals surface area contributed by atoms with Crippen molar-refractivity contribution in [1.82, 2.24) is 14.9 Å². The summed E-state index contributed by atoms with van der Waals surface area (Å²) in [5, 5.41) is 6.20. The second-order valence-corrected chi connectivity index (χ2v) is 10.8. The summed E-state index contributed by atoms with van der Waals surface area (Å²) in [7, 11) is 1.61. The van der Waals surface area contributed by atoms with E-state index in [4.69, 9.17) is 9.72 Å². The van der Waals surface area contributed by atoms with Crippen molar-refractivity contribution in [3.8, 4) is 11.4 Å². The van der Waals surface area contributed by atoms with Gasteiger partial charge < -0.3 is 10.1 Å². The van der Waals surface area contributed by atoms with Gasteiger partial charge in [-0.2, -0.15) is 0 Å². The van der Waals surface area contributed by atoms with Crippen molar-refractivity contribution in [2.24, 2.45) is 0 Å². The smallest absolute Gasteiger partial charge is 0.267 e. The van der Waals surface area contributed by atoms with Gasteiger partial charge in [0.05, 0.1) is 30.5 Å². The van der Waals surface area contributed by atoms with Gasteiger partial charge in [0.15, 0.2) is 5.16 Å². The number of ether oxygens (including phenoxy) is 1. The zero-order chi connectivity index (χ0) is 22.8.